The molecule has 0 saturated carbocycles. The molecule has 0 radical (unpaired) electrons. The van der Waals surface area contributed by atoms with E-state index < -0.39 is 10.0 Å². The van der Waals surface area contributed by atoms with E-state index in [1.165, 1.54) is 21.3 Å². The number of rotatable bonds is 7. The molecule has 0 spiro atoms. The maximum atomic E-state index is 12.6. The summed E-state index contributed by atoms with van der Waals surface area (Å²) in [7, 11) is -1.79. The average Bonchev–Trinajstić information content (AvgIpc) is 3.23. The largest absolute Gasteiger partial charge is 0.492 e. The van der Waals surface area contributed by atoms with Gasteiger partial charge in [-0.3, -0.25) is 4.79 Å². The van der Waals surface area contributed by atoms with Crippen LogP contribution < -0.4 is 4.74 Å². The van der Waals surface area contributed by atoms with Gasteiger partial charge in [-0.05, 0) is 55.3 Å². The molecule has 0 atom stereocenters. The molecule has 3 rings (SSSR count). The average molecular weight is 423 g/mol. The molecule has 0 aromatic heterocycles. The summed E-state index contributed by atoms with van der Waals surface area (Å²) in [4.78, 5) is 14.3. The highest BCUT2D eigenvalue weighted by Gasteiger charge is 2.27. The Morgan fingerprint density at radius 1 is 1.14 bits per heavy atom. The zero-order valence-electron chi connectivity index (χ0n) is 15.7. The summed E-state index contributed by atoms with van der Waals surface area (Å²) in [6.45, 7) is 1.82. The van der Waals surface area contributed by atoms with E-state index in [2.05, 4.69) is 0 Å². The van der Waals surface area contributed by atoms with Crippen LogP contribution in [0.15, 0.2) is 53.4 Å². The molecular weight excluding hydrogens is 400 g/mol. The first-order valence-electron chi connectivity index (χ1n) is 9.12. The second-order valence-electron chi connectivity index (χ2n) is 6.67. The topological polar surface area (TPSA) is 66.9 Å². The molecule has 28 heavy (non-hydrogen) atoms. The van der Waals surface area contributed by atoms with E-state index in [4.69, 9.17) is 16.3 Å². The van der Waals surface area contributed by atoms with Crippen molar-refractivity contribution < 1.29 is 17.9 Å². The van der Waals surface area contributed by atoms with Crippen LogP contribution in [0.25, 0.3) is 0 Å². The van der Waals surface area contributed by atoms with Gasteiger partial charge < -0.3 is 9.64 Å². The van der Waals surface area contributed by atoms with Crippen LogP contribution in [0.5, 0.6) is 5.75 Å². The lowest BCUT2D eigenvalue weighted by Crippen LogP contribution is -2.31. The zero-order chi connectivity index (χ0) is 20.1. The Kier molecular flexibility index (Phi) is 6.59. The van der Waals surface area contributed by atoms with Gasteiger partial charge in [0.05, 0.1) is 11.4 Å². The van der Waals surface area contributed by atoms with E-state index in [0.717, 1.165) is 12.8 Å². The van der Waals surface area contributed by atoms with Crippen LogP contribution in [-0.2, 0) is 10.0 Å². The number of halogens is 1. The van der Waals surface area contributed by atoms with Crippen LogP contribution >= 0.6 is 11.6 Å². The minimum absolute atomic E-state index is 0.195. The highest BCUT2D eigenvalue weighted by atomic mass is 35.5. The summed E-state index contributed by atoms with van der Waals surface area (Å²) in [5.74, 6) is 0.449. The summed E-state index contributed by atoms with van der Waals surface area (Å²) in [6.07, 6.45) is 1.77. The molecule has 1 saturated heterocycles. The Morgan fingerprint density at radius 3 is 2.46 bits per heavy atom. The number of likely N-dealkylation sites (N-methyl/N-ethyl adjacent to an activating group) is 1. The fourth-order valence-corrected chi connectivity index (χ4v) is 4.72. The number of benzene rings is 2. The third kappa shape index (κ3) is 4.84. The van der Waals surface area contributed by atoms with Crippen molar-refractivity contribution >= 4 is 27.5 Å². The standard InChI is InChI=1S/C20H23ClN2O4S/c1-22(13-14-27-18-6-4-5-17(21)15-18)20(24)16-7-9-19(10-8-16)28(25,26)23-11-2-3-12-23/h4-10,15H,2-3,11-14H2,1H3. The van der Waals surface area contributed by atoms with Crippen molar-refractivity contribution in [3.8, 4) is 5.75 Å². The van der Waals surface area contributed by atoms with Crippen molar-refractivity contribution in [3.05, 3.63) is 59.1 Å². The lowest BCUT2D eigenvalue weighted by Gasteiger charge is -2.18. The van der Waals surface area contributed by atoms with Crippen molar-refractivity contribution in [1.29, 1.82) is 0 Å². The van der Waals surface area contributed by atoms with Crippen LogP contribution in [0, 0.1) is 0 Å². The smallest absolute Gasteiger partial charge is 0.253 e. The first-order valence-corrected chi connectivity index (χ1v) is 10.9. The normalized spacial score (nSPS) is 14.8. The third-order valence-electron chi connectivity index (χ3n) is 4.64. The van der Waals surface area contributed by atoms with Crippen molar-refractivity contribution in [2.24, 2.45) is 0 Å². The lowest BCUT2D eigenvalue weighted by molar-refractivity contribution is 0.0773. The number of amides is 1. The van der Waals surface area contributed by atoms with Crippen LogP contribution in [-0.4, -0.2) is 56.8 Å². The molecular formula is C20H23ClN2O4S. The molecule has 150 valence electrons. The van der Waals surface area contributed by atoms with Gasteiger partial charge in [0.2, 0.25) is 10.0 Å². The van der Waals surface area contributed by atoms with E-state index in [0.29, 0.717) is 42.6 Å². The van der Waals surface area contributed by atoms with E-state index in [9.17, 15) is 13.2 Å². The SMILES string of the molecule is CN(CCOc1cccc(Cl)c1)C(=O)c1ccc(S(=O)(=O)N2CCCC2)cc1. The molecule has 8 heteroatoms. The summed E-state index contributed by atoms with van der Waals surface area (Å²) in [5, 5.41) is 0.589. The molecule has 1 fully saturated rings. The van der Waals surface area contributed by atoms with Crippen LogP contribution in [0.2, 0.25) is 5.02 Å². The number of sulfonamides is 1. The second-order valence-corrected chi connectivity index (χ2v) is 9.04. The minimum Gasteiger partial charge on any atom is -0.492 e. The molecule has 2 aromatic carbocycles. The van der Waals surface area contributed by atoms with Crippen LogP contribution in [0.1, 0.15) is 23.2 Å². The second kappa shape index (κ2) is 8.94. The number of carbonyl (C=O) groups excluding carboxylic acids is 1. The maximum Gasteiger partial charge on any atom is 0.253 e. The fraction of sp³-hybridized carbons (Fsp3) is 0.350. The number of carbonyl (C=O) groups is 1. The van der Waals surface area contributed by atoms with E-state index in [1.807, 2.05) is 0 Å². The van der Waals surface area contributed by atoms with Crippen molar-refractivity contribution in [2.75, 3.05) is 33.3 Å². The third-order valence-corrected chi connectivity index (χ3v) is 6.79. The zero-order valence-corrected chi connectivity index (χ0v) is 17.2. The fourth-order valence-electron chi connectivity index (χ4n) is 3.03. The van der Waals surface area contributed by atoms with Gasteiger partial charge in [0.15, 0.2) is 0 Å². The summed E-state index contributed by atoms with van der Waals surface area (Å²) >= 11 is 5.91. The molecule has 0 N–H and O–H groups in total. The van der Waals surface area contributed by atoms with Gasteiger partial charge in [-0.15, -0.1) is 0 Å². The molecule has 1 aliphatic rings. The van der Waals surface area contributed by atoms with Crippen molar-refractivity contribution in [1.82, 2.24) is 9.21 Å². The maximum absolute atomic E-state index is 12.6. The first kappa shape index (κ1) is 20.6. The molecule has 1 amide bonds. The van der Waals surface area contributed by atoms with Crippen molar-refractivity contribution in [2.45, 2.75) is 17.7 Å². The Bertz CT molecular complexity index is 925. The minimum atomic E-state index is -3.47. The molecule has 0 aliphatic carbocycles. The highest BCUT2D eigenvalue weighted by Crippen LogP contribution is 2.21. The summed E-state index contributed by atoms with van der Waals surface area (Å²) < 4.78 is 32.2. The van der Waals surface area contributed by atoms with E-state index in [1.54, 1.807) is 43.4 Å². The van der Waals surface area contributed by atoms with Gasteiger partial charge in [0.25, 0.3) is 5.91 Å². The Morgan fingerprint density at radius 2 is 1.82 bits per heavy atom. The molecule has 2 aromatic rings. The van der Waals surface area contributed by atoms with Gasteiger partial charge in [0.1, 0.15) is 12.4 Å². The van der Waals surface area contributed by atoms with Gasteiger partial charge in [-0.2, -0.15) is 4.31 Å². The quantitative estimate of drug-likeness (QED) is 0.686. The molecule has 1 aliphatic heterocycles. The van der Waals surface area contributed by atoms with E-state index in [-0.39, 0.29) is 10.8 Å². The molecule has 0 bridgehead atoms. The Balaban J connectivity index is 1.57. The molecule has 6 nitrogen and oxygen atoms in total. The summed E-state index contributed by atoms with van der Waals surface area (Å²) in [5.41, 5.74) is 0.436. The first-order chi connectivity index (χ1) is 13.4. The Labute approximate surface area is 170 Å². The molecule has 1 heterocycles. The van der Waals surface area contributed by atoms with E-state index >= 15 is 0 Å². The van der Waals surface area contributed by atoms with Gasteiger partial charge in [-0.1, -0.05) is 17.7 Å². The van der Waals surface area contributed by atoms with Gasteiger partial charge in [0, 0.05) is 30.7 Å². The Hall–Kier alpha value is -2.09. The predicted molar refractivity (Wildman–Crippen MR) is 108 cm³/mol. The number of ether oxygens (including phenoxy) is 1. The summed E-state index contributed by atoms with van der Waals surface area (Å²) in [6, 6.07) is 13.2. The lowest BCUT2D eigenvalue weighted by atomic mass is 10.2. The number of nitrogens with zero attached hydrogens (tertiary/aromatic N) is 2. The van der Waals surface area contributed by atoms with Crippen molar-refractivity contribution in [3.63, 3.8) is 0 Å². The monoisotopic (exact) mass is 422 g/mol. The predicted octanol–water partition coefficient (Wildman–Crippen LogP) is 3.28. The van der Waals surface area contributed by atoms with Gasteiger partial charge >= 0.3 is 0 Å². The number of hydrogen-bond acceptors (Lipinski definition) is 4. The molecule has 0 unspecified atom stereocenters. The van der Waals surface area contributed by atoms with Gasteiger partial charge in [-0.25, -0.2) is 8.42 Å². The number of hydrogen-bond donors (Lipinski definition) is 0. The van der Waals surface area contributed by atoms with Crippen LogP contribution in [0.4, 0.5) is 0 Å². The highest BCUT2D eigenvalue weighted by molar-refractivity contribution is 7.89. The van der Waals surface area contributed by atoms with Crippen LogP contribution in [0.3, 0.4) is 0 Å².